The van der Waals surface area contributed by atoms with Crippen molar-refractivity contribution in [2.24, 2.45) is 10.2 Å². The monoisotopic (exact) mass is 312 g/mol. The number of hydrogen-bond donors (Lipinski definition) is 1. The molecule has 1 aromatic rings. The van der Waals surface area contributed by atoms with Crippen LogP contribution in [0.5, 0.6) is 0 Å². The summed E-state index contributed by atoms with van der Waals surface area (Å²) >= 11 is 11.4. The molecule has 0 aliphatic heterocycles. The van der Waals surface area contributed by atoms with Crippen LogP contribution in [0, 0.1) is 12.7 Å². The molecule has 0 bridgehead atoms. The maximum Gasteiger partial charge on any atom is 0.126 e. The quantitative estimate of drug-likeness (QED) is 0.634. The van der Waals surface area contributed by atoms with Crippen molar-refractivity contribution in [1.29, 1.82) is 0 Å². The van der Waals surface area contributed by atoms with E-state index >= 15 is 0 Å². The number of rotatable bonds is 5. The molecule has 0 saturated carbocycles. The number of aryl methyl sites for hydroxylation is 1. The first-order valence-corrected chi connectivity index (χ1v) is 6.59. The Kier molecular flexibility index (Phi) is 6.49. The van der Waals surface area contributed by atoms with Crippen molar-refractivity contribution in [1.82, 2.24) is 0 Å². The number of allylic oxidation sites excluding steroid dienone is 5. The Morgan fingerprint density at radius 2 is 2.20 bits per heavy atom. The van der Waals surface area contributed by atoms with Gasteiger partial charge in [0.2, 0.25) is 0 Å². The summed E-state index contributed by atoms with van der Waals surface area (Å²) in [5.74, 6) is -0.259. The predicted octanol–water partition coefficient (Wildman–Crippen LogP) is 4.42. The molecule has 0 aromatic heterocycles. The lowest BCUT2D eigenvalue weighted by Gasteiger charge is -2.06. The van der Waals surface area contributed by atoms with Crippen LogP contribution in [0.4, 0.5) is 4.39 Å². The van der Waals surface area contributed by atoms with E-state index in [9.17, 15) is 4.39 Å². The van der Waals surface area contributed by atoms with Gasteiger partial charge in [-0.25, -0.2) is 4.39 Å². The molecule has 2 nitrogen and oxygen atoms in total. The summed E-state index contributed by atoms with van der Waals surface area (Å²) in [7, 11) is 0. The second-order valence-electron chi connectivity index (χ2n) is 4.09. The first kappa shape index (κ1) is 16.5. The van der Waals surface area contributed by atoms with Gasteiger partial charge in [0.15, 0.2) is 0 Å². The number of benzene rings is 1. The van der Waals surface area contributed by atoms with Crippen LogP contribution in [0.3, 0.4) is 0 Å². The van der Waals surface area contributed by atoms with Gasteiger partial charge in [-0.2, -0.15) is 4.51 Å². The molecule has 0 heterocycles. The molecule has 0 fully saturated rings. The second kappa shape index (κ2) is 7.88. The van der Waals surface area contributed by atoms with Crippen molar-refractivity contribution in [2.75, 3.05) is 0 Å². The van der Waals surface area contributed by atoms with Gasteiger partial charge in [-0.1, -0.05) is 42.5 Å². The van der Waals surface area contributed by atoms with Gasteiger partial charge in [-0.05, 0) is 30.5 Å². The number of nitrogens with two attached hydrogens (primary N) is 1. The zero-order chi connectivity index (χ0) is 15.1. The summed E-state index contributed by atoms with van der Waals surface area (Å²) in [4.78, 5) is 0. The first-order valence-electron chi connectivity index (χ1n) is 5.87. The third-order valence-electron chi connectivity index (χ3n) is 2.80. The highest BCUT2D eigenvalue weighted by Crippen LogP contribution is 2.20. The third kappa shape index (κ3) is 4.22. The van der Waals surface area contributed by atoms with Gasteiger partial charge in [0, 0.05) is 22.4 Å². The van der Waals surface area contributed by atoms with Crippen molar-refractivity contribution in [3.05, 3.63) is 70.2 Å². The normalized spacial score (nSPS) is 13.5. The van der Waals surface area contributed by atoms with Gasteiger partial charge >= 0.3 is 0 Å². The number of halogens is 3. The van der Waals surface area contributed by atoms with Gasteiger partial charge in [-0.15, -0.1) is 0 Å². The smallest absolute Gasteiger partial charge is 0.126 e. The van der Waals surface area contributed by atoms with Gasteiger partial charge in [0.25, 0.3) is 0 Å². The van der Waals surface area contributed by atoms with Gasteiger partial charge < -0.3 is 5.73 Å². The summed E-state index contributed by atoms with van der Waals surface area (Å²) in [6.07, 6.45) is 4.81. The van der Waals surface area contributed by atoms with Crippen LogP contribution in [0.2, 0.25) is 0 Å². The summed E-state index contributed by atoms with van der Waals surface area (Å²) in [5.41, 5.74) is 8.00. The molecule has 20 heavy (non-hydrogen) atoms. The zero-order valence-corrected chi connectivity index (χ0v) is 12.5. The summed E-state index contributed by atoms with van der Waals surface area (Å²) in [6.45, 7) is 5.48. The Bertz CT molecular complexity index is 569. The molecule has 1 rings (SSSR count). The molecule has 0 unspecified atom stereocenters. The van der Waals surface area contributed by atoms with E-state index in [1.165, 1.54) is 18.4 Å². The molecule has 0 aliphatic carbocycles. The lowest BCUT2D eigenvalue weighted by molar-refractivity contribution is 0.613. The molecule has 0 saturated heterocycles. The number of hydrogen-bond acceptors (Lipinski definition) is 2. The van der Waals surface area contributed by atoms with E-state index in [2.05, 4.69) is 11.1 Å². The summed E-state index contributed by atoms with van der Waals surface area (Å²) in [6, 6.07) is 4.94. The van der Waals surface area contributed by atoms with Gasteiger partial charge in [0.1, 0.15) is 5.82 Å². The van der Waals surface area contributed by atoms with E-state index in [1.54, 1.807) is 12.1 Å². The zero-order valence-electron chi connectivity index (χ0n) is 11.0. The minimum Gasteiger partial charge on any atom is -0.397 e. The fraction of sp³-hybridized carbons (Fsp3) is 0.133. The first-order chi connectivity index (χ1) is 9.51. The highest BCUT2D eigenvalue weighted by Gasteiger charge is 2.06. The Balaban J connectivity index is 3.06. The van der Waals surface area contributed by atoms with Crippen molar-refractivity contribution in [3.8, 4) is 0 Å². The van der Waals surface area contributed by atoms with Crippen LogP contribution in [-0.4, -0.2) is 6.21 Å². The lowest BCUT2D eigenvalue weighted by atomic mass is 10.0. The Labute approximate surface area is 128 Å². The molecule has 0 radical (unpaired) electrons. The highest BCUT2D eigenvalue weighted by molar-refractivity contribution is 6.32. The van der Waals surface area contributed by atoms with Gasteiger partial charge in [0.05, 0.1) is 11.9 Å². The molecular formula is C15H15Cl2FN2. The predicted molar refractivity (Wildman–Crippen MR) is 84.5 cm³/mol. The molecule has 0 aliphatic rings. The van der Waals surface area contributed by atoms with Crippen LogP contribution < -0.4 is 5.73 Å². The maximum atomic E-state index is 13.7. The molecule has 0 spiro atoms. The molecular weight excluding hydrogens is 298 g/mol. The van der Waals surface area contributed by atoms with Crippen LogP contribution in [0.1, 0.15) is 11.1 Å². The standard InChI is InChI=1S/C15H15Cl2FN2/c1-3-11(15(19)9-20-17)13(16)8-7-12-10(2)5-4-6-14(12)18/h3-6,8-9H,1,7,19H2,2H3/b13-8+,15-11-,20-9-. The topological polar surface area (TPSA) is 38.4 Å². The van der Waals surface area contributed by atoms with E-state index in [-0.39, 0.29) is 5.82 Å². The summed E-state index contributed by atoms with van der Waals surface area (Å²) in [5, 5.41) is 0.372. The van der Waals surface area contributed by atoms with Crippen LogP contribution >= 0.6 is 23.4 Å². The van der Waals surface area contributed by atoms with Crippen LogP contribution in [0.15, 0.2) is 57.7 Å². The fourth-order valence-corrected chi connectivity index (χ4v) is 2.07. The largest absolute Gasteiger partial charge is 0.397 e. The molecule has 0 amide bonds. The Morgan fingerprint density at radius 3 is 2.75 bits per heavy atom. The summed E-state index contributed by atoms with van der Waals surface area (Å²) < 4.78 is 17.0. The SMILES string of the molecule is C=CC(=C(N)\C=N/Cl)/C(Cl)=C\Cc1c(C)cccc1F. The average molecular weight is 313 g/mol. The van der Waals surface area contributed by atoms with E-state index in [1.807, 2.05) is 13.0 Å². The second-order valence-corrected chi connectivity index (χ2v) is 4.69. The Morgan fingerprint density at radius 1 is 1.50 bits per heavy atom. The molecule has 2 N–H and O–H groups in total. The molecule has 5 heteroatoms. The van der Waals surface area contributed by atoms with Gasteiger partial charge in [-0.3, -0.25) is 0 Å². The lowest BCUT2D eigenvalue weighted by Crippen LogP contribution is -2.03. The minimum atomic E-state index is -0.259. The minimum absolute atomic E-state index is 0.259. The van der Waals surface area contributed by atoms with Crippen molar-refractivity contribution in [2.45, 2.75) is 13.3 Å². The average Bonchev–Trinajstić information content (AvgIpc) is 2.39. The fourth-order valence-electron chi connectivity index (χ4n) is 1.70. The van der Waals surface area contributed by atoms with E-state index in [4.69, 9.17) is 29.1 Å². The van der Waals surface area contributed by atoms with Crippen molar-refractivity contribution < 1.29 is 4.39 Å². The van der Waals surface area contributed by atoms with E-state index < -0.39 is 0 Å². The molecule has 0 atom stereocenters. The van der Waals surface area contributed by atoms with Crippen LogP contribution in [-0.2, 0) is 6.42 Å². The van der Waals surface area contributed by atoms with E-state index in [0.717, 1.165) is 5.56 Å². The molecule has 106 valence electrons. The van der Waals surface area contributed by atoms with E-state index in [0.29, 0.717) is 28.3 Å². The highest BCUT2D eigenvalue weighted by atomic mass is 35.5. The van der Waals surface area contributed by atoms with Crippen molar-refractivity contribution >= 4 is 29.6 Å². The third-order valence-corrected chi connectivity index (χ3v) is 3.25. The Hall–Kier alpha value is -1.58. The van der Waals surface area contributed by atoms with Crippen LogP contribution in [0.25, 0.3) is 0 Å². The maximum absolute atomic E-state index is 13.7. The van der Waals surface area contributed by atoms with Crippen molar-refractivity contribution in [3.63, 3.8) is 0 Å². The number of nitrogens with zero attached hydrogens (tertiary/aromatic N) is 1. The molecule has 1 aromatic carbocycles.